The molecule has 1 aromatic heterocycles. The Kier molecular flexibility index (Phi) is 7.00. The van der Waals surface area contributed by atoms with Crippen molar-refractivity contribution in [2.24, 2.45) is 0 Å². The van der Waals surface area contributed by atoms with Crippen molar-refractivity contribution < 1.29 is 14.3 Å². The van der Waals surface area contributed by atoms with E-state index in [1.165, 1.54) is 12.0 Å². The van der Waals surface area contributed by atoms with Gasteiger partial charge in [-0.05, 0) is 74.0 Å². The lowest BCUT2D eigenvalue weighted by molar-refractivity contribution is 0.0129. The Morgan fingerprint density at radius 3 is 2.67 bits per heavy atom. The van der Waals surface area contributed by atoms with Crippen LogP contribution >= 0.6 is 0 Å². The lowest BCUT2D eigenvalue weighted by Crippen LogP contribution is -2.59. The number of piperazine rings is 1. The molecule has 33 heavy (non-hydrogen) atoms. The van der Waals surface area contributed by atoms with Crippen LogP contribution in [0.3, 0.4) is 0 Å². The molecule has 0 radical (unpaired) electrons. The largest absolute Gasteiger partial charge is 0.462 e. The molecule has 2 fully saturated rings. The second-order valence-corrected chi connectivity index (χ2v) is 10.8. The second kappa shape index (κ2) is 9.62. The molecule has 1 aromatic rings. The van der Waals surface area contributed by atoms with Crippen LogP contribution in [0.25, 0.3) is 0 Å². The van der Waals surface area contributed by atoms with Gasteiger partial charge in [0.05, 0.1) is 5.69 Å². The first-order chi connectivity index (χ1) is 15.6. The van der Waals surface area contributed by atoms with Gasteiger partial charge >= 0.3 is 12.1 Å². The number of rotatable bonds is 4. The zero-order chi connectivity index (χ0) is 23.8. The molecule has 0 spiro atoms. The van der Waals surface area contributed by atoms with E-state index in [-0.39, 0.29) is 18.2 Å². The third kappa shape index (κ3) is 5.51. The summed E-state index contributed by atoms with van der Waals surface area (Å²) in [4.78, 5) is 29.0. The van der Waals surface area contributed by atoms with Gasteiger partial charge in [0.15, 0.2) is 0 Å². The number of amides is 1. The predicted molar refractivity (Wildman–Crippen MR) is 128 cm³/mol. The molecule has 4 rings (SSSR count). The topological polar surface area (TPSA) is 83.1 Å². The summed E-state index contributed by atoms with van der Waals surface area (Å²) in [6, 6.07) is 1.00. The fourth-order valence-electron chi connectivity index (χ4n) is 4.98. The summed E-state index contributed by atoms with van der Waals surface area (Å²) in [6.45, 7) is 14.6. The monoisotopic (exact) mass is 460 g/mol. The van der Waals surface area contributed by atoms with E-state index in [0.29, 0.717) is 31.7 Å². The van der Waals surface area contributed by atoms with E-state index in [9.17, 15) is 4.79 Å². The Hall–Kier alpha value is -2.13. The molecular formula is C24H40N6O3. The number of hydrogen-bond acceptors (Lipinski definition) is 8. The summed E-state index contributed by atoms with van der Waals surface area (Å²) in [5.74, 6) is 0.958. The molecule has 4 heterocycles. The molecule has 9 heteroatoms. The number of aromatic nitrogens is 2. The zero-order valence-electron chi connectivity index (χ0n) is 21.1. The number of likely N-dealkylation sites (tertiary alicyclic amines) is 1. The van der Waals surface area contributed by atoms with E-state index in [0.717, 1.165) is 44.0 Å². The molecule has 1 amide bonds. The van der Waals surface area contributed by atoms with Crippen molar-refractivity contribution in [1.29, 1.82) is 0 Å². The van der Waals surface area contributed by atoms with Gasteiger partial charge in [0, 0.05) is 43.3 Å². The molecule has 9 nitrogen and oxygen atoms in total. The number of carbonyl (C=O) groups excluding carboxylic acids is 1. The van der Waals surface area contributed by atoms with Gasteiger partial charge in [-0.25, -0.2) is 4.79 Å². The Labute approximate surface area is 197 Å². The number of nitrogens with one attached hydrogen (secondary N) is 1. The highest BCUT2D eigenvalue weighted by molar-refractivity contribution is 5.69. The third-order valence-corrected chi connectivity index (χ3v) is 6.86. The minimum absolute atomic E-state index is 0.0138. The second-order valence-electron chi connectivity index (χ2n) is 10.8. The van der Waals surface area contributed by atoms with Crippen molar-refractivity contribution in [3.63, 3.8) is 0 Å². The van der Waals surface area contributed by atoms with E-state index in [2.05, 4.69) is 36.0 Å². The molecule has 0 bridgehead atoms. The predicted octanol–water partition coefficient (Wildman–Crippen LogP) is 2.43. The molecule has 184 valence electrons. The average Bonchev–Trinajstić information content (AvgIpc) is 3.16. The summed E-state index contributed by atoms with van der Waals surface area (Å²) in [5, 5.41) is 3.42. The summed E-state index contributed by atoms with van der Waals surface area (Å²) >= 11 is 0. The molecule has 2 saturated heterocycles. The van der Waals surface area contributed by atoms with Gasteiger partial charge < -0.3 is 29.5 Å². The number of carbonyl (C=O) groups is 1. The van der Waals surface area contributed by atoms with Crippen LogP contribution in [-0.2, 0) is 17.7 Å². The van der Waals surface area contributed by atoms with Crippen LogP contribution in [0, 0.1) is 0 Å². The van der Waals surface area contributed by atoms with Crippen molar-refractivity contribution in [3.05, 3.63) is 11.3 Å². The van der Waals surface area contributed by atoms with Crippen LogP contribution in [0.4, 0.5) is 10.6 Å². The van der Waals surface area contributed by atoms with Gasteiger partial charge in [-0.3, -0.25) is 0 Å². The SMILES string of the molecule is C[C@@H]1CN(c2nc(OC[C@@H]3CCCN3C)nc3c2CCNC3)[C@@H](C)CN1C(=O)OC(C)(C)C. The van der Waals surface area contributed by atoms with E-state index in [1.54, 1.807) is 0 Å². The van der Waals surface area contributed by atoms with Gasteiger partial charge in [0.25, 0.3) is 0 Å². The van der Waals surface area contributed by atoms with Crippen LogP contribution in [0.2, 0.25) is 0 Å². The van der Waals surface area contributed by atoms with E-state index in [1.807, 2.05) is 25.7 Å². The molecule has 3 aliphatic rings. The minimum Gasteiger partial charge on any atom is -0.462 e. The molecule has 3 atom stereocenters. The van der Waals surface area contributed by atoms with Gasteiger partial charge in [0.2, 0.25) is 0 Å². The van der Waals surface area contributed by atoms with Crippen LogP contribution < -0.4 is 15.0 Å². The molecule has 0 aliphatic carbocycles. The zero-order valence-corrected chi connectivity index (χ0v) is 21.1. The van der Waals surface area contributed by atoms with Gasteiger partial charge in [0.1, 0.15) is 18.0 Å². The van der Waals surface area contributed by atoms with Gasteiger partial charge in [-0.2, -0.15) is 9.97 Å². The lowest BCUT2D eigenvalue weighted by Gasteiger charge is -2.45. The highest BCUT2D eigenvalue weighted by atomic mass is 16.6. The van der Waals surface area contributed by atoms with Crippen molar-refractivity contribution >= 4 is 11.9 Å². The van der Waals surface area contributed by atoms with Crippen molar-refractivity contribution in [2.45, 2.75) is 84.2 Å². The standard InChI is InChI=1S/C24H40N6O3/c1-16-14-30(23(31)33-24(3,4)5)17(2)13-29(16)21-19-9-10-25-12-20(19)26-22(27-21)32-15-18-8-7-11-28(18)6/h16-18,25H,7-15H2,1-6H3/t16-,17+,18-/m0/s1. The van der Waals surface area contributed by atoms with Gasteiger partial charge in [-0.15, -0.1) is 0 Å². The molecule has 3 aliphatic heterocycles. The van der Waals surface area contributed by atoms with Crippen LogP contribution in [0.1, 0.15) is 58.7 Å². The Morgan fingerprint density at radius 1 is 1.18 bits per heavy atom. The maximum atomic E-state index is 12.8. The Balaban J connectivity index is 1.54. The third-order valence-electron chi connectivity index (χ3n) is 6.86. The molecule has 1 N–H and O–H groups in total. The van der Waals surface area contributed by atoms with Crippen LogP contribution in [-0.4, -0.2) is 89.4 Å². The number of nitrogens with zero attached hydrogens (tertiary/aromatic N) is 5. The highest BCUT2D eigenvalue weighted by Crippen LogP contribution is 2.31. The van der Waals surface area contributed by atoms with Crippen molar-refractivity contribution in [1.82, 2.24) is 25.1 Å². The maximum Gasteiger partial charge on any atom is 0.410 e. The summed E-state index contributed by atoms with van der Waals surface area (Å²) < 4.78 is 11.8. The molecule has 0 aromatic carbocycles. The first-order valence-electron chi connectivity index (χ1n) is 12.3. The molecular weight excluding hydrogens is 420 g/mol. The number of hydrogen-bond donors (Lipinski definition) is 1. The van der Waals surface area contributed by atoms with E-state index < -0.39 is 5.60 Å². The lowest BCUT2D eigenvalue weighted by atomic mass is 10.0. The van der Waals surface area contributed by atoms with E-state index in [4.69, 9.17) is 19.4 Å². The first kappa shape index (κ1) is 24.0. The van der Waals surface area contributed by atoms with Crippen LogP contribution in [0.5, 0.6) is 6.01 Å². The Bertz CT molecular complexity index is 857. The van der Waals surface area contributed by atoms with Crippen LogP contribution in [0.15, 0.2) is 0 Å². The first-order valence-corrected chi connectivity index (χ1v) is 12.3. The fourth-order valence-corrected chi connectivity index (χ4v) is 4.98. The summed E-state index contributed by atoms with van der Waals surface area (Å²) in [5.41, 5.74) is 1.72. The summed E-state index contributed by atoms with van der Waals surface area (Å²) in [6.07, 6.45) is 3.00. The average molecular weight is 461 g/mol. The number of anilines is 1. The Morgan fingerprint density at radius 2 is 1.97 bits per heavy atom. The van der Waals surface area contributed by atoms with Crippen molar-refractivity contribution in [3.8, 4) is 6.01 Å². The number of likely N-dealkylation sites (N-methyl/N-ethyl adjacent to an activating group) is 1. The summed E-state index contributed by atoms with van der Waals surface area (Å²) in [7, 11) is 2.15. The maximum absolute atomic E-state index is 12.8. The smallest absolute Gasteiger partial charge is 0.410 e. The quantitative estimate of drug-likeness (QED) is 0.734. The molecule has 0 saturated carbocycles. The normalized spacial score (nSPS) is 26.3. The van der Waals surface area contributed by atoms with Crippen molar-refractivity contribution in [2.75, 3.05) is 44.7 Å². The fraction of sp³-hybridized carbons (Fsp3) is 0.792. The minimum atomic E-state index is -0.504. The van der Waals surface area contributed by atoms with Gasteiger partial charge in [-0.1, -0.05) is 0 Å². The number of ether oxygens (including phenoxy) is 2. The number of fused-ring (bicyclic) bond motifs is 1. The van der Waals surface area contributed by atoms with E-state index >= 15 is 0 Å². The molecule has 0 unspecified atom stereocenters. The highest BCUT2D eigenvalue weighted by Gasteiger charge is 2.37.